The third-order valence-corrected chi connectivity index (χ3v) is 6.29. The minimum atomic E-state index is -3.43. The molecule has 1 N–H and O–H groups in total. The lowest BCUT2D eigenvalue weighted by Crippen LogP contribution is -2.42. The second-order valence-electron chi connectivity index (χ2n) is 5.27. The number of benzene rings is 1. The molecule has 6 heteroatoms. The van der Waals surface area contributed by atoms with Crippen molar-refractivity contribution in [3.8, 4) is 0 Å². The molecule has 2 rings (SSSR count). The molecular weight excluding hydrogens is 296 g/mol. The lowest BCUT2D eigenvalue weighted by atomic mass is 9.91. The van der Waals surface area contributed by atoms with E-state index in [4.69, 9.17) is 11.6 Å². The van der Waals surface area contributed by atoms with Gasteiger partial charge in [0.1, 0.15) is 0 Å². The zero-order valence-corrected chi connectivity index (χ0v) is 13.4. The normalized spacial score (nSPS) is 24.0. The Labute approximate surface area is 126 Å². The van der Waals surface area contributed by atoms with Gasteiger partial charge in [0.2, 0.25) is 10.0 Å². The van der Waals surface area contributed by atoms with Crippen molar-refractivity contribution in [3.63, 3.8) is 0 Å². The summed E-state index contributed by atoms with van der Waals surface area (Å²) < 4.78 is 26.6. The third-order valence-electron chi connectivity index (χ3n) is 4.11. The van der Waals surface area contributed by atoms with Crippen LogP contribution in [0.2, 0.25) is 5.02 Å². The number of nitrogens with one attached hydrogen (secondary N) is 1. The molecule has 0 radical (unpaired) electrons. The summed E-state index contributed by atoms with van der Waals surface area (Å²) in [6.07, 6.45) is 3.83. The van der Waals surface area contributed by atoms with E-state index in [1.54, 1.807) is 31.3 Å². The van der Waals surface area contributed by atoms with E-state index in [2.05, 4.69) is 5.32 Å². The molecule has 0 amide bonds. The summed E-state index contributed by atoms with van der Waals surface area (Å²) in [6, 6.07) is 6.94. The summed E-state index contributed by atoms with van der Waals surface area (Å²) in [5.41, 5.74) is 0. The molecule has 0 atom stereocenters. The van der Waals surface area contributed by atoms with E-state index in [9.17, 15) is 8.42 Å². The van der Waals surface area contributed by atoms with Crippen molar-refractivity contribution < 1.29 is 8.42 Å². The molecule has 0 heterocycles. The van der Waals surface area contributed by atoms with Crippen LogP contribution in [-0.4, -0.2) is 38.9 Å². The fourth-order valence-corrected chi connectivity index (χ4v) is 4.24. The van der Waals surface area contributed by atoms with E-state index < -0.39 is 10.0 Å². The van der Waals surface area contributed by atoms with E-state index in [0.29, 0.717) is 16.0 Å². The molecule has 1 aliphatic rings. The van der Waals surface area contributed by atoms with Gasteiger partial charge in [0, 0.05) is 24.2 Å². The van der Waals surface area contributed by atoms with E-state index in [-0.39, 0.29) is 6.04 Å². The van der Waals surface area contributed by atoms with E-state index >= 15 is 0 Å². The van der Waals surface area contributed by atoms with Crippen molar-refractivity contribution in [2.24, 2.45) is 0 Å². The van der Waals surface area contributed by atoms with Crippen LogP contribution < -0.4 is 5.32 Å². The topological polar surface area (TPSA) is 49.4 Å². The lowest BCUT2D eigenvalue weighted by molar-refractivity contribution is 0.255. The minimum Gasteiger partial charge on any atom is -0.317 e. The van der Waals surface area contributed by atoms with Gasteiger partial charge in [-0.25, -0.2) is 8.42 Å². The van der Waals surface area contributed by atoms with E-state index in [1.807, 2.05) is 7.05 Å². The van der Waals surface area contributed by atoms with Crippen LogP contribution >= 0.6 is 11.6 Å². The van der Waals surface area contributed by atoms with Crippen LogP contribution in [0.25, 0.3) is 0 Å². The SMILES string of the molecule is CNC1CCC(N(C)S(=O)(=O)c2ccc(Cl)cc2)CC1. The van der Waals surface area contributed by atoms with Crippen molar-refractivity contribution in [1.29, 1.82) is 0 Å². The second kappa shape index (κ2) is 6.43. The van der Waals surface area contributed by atoms with Gasteiger partial charge in [0.05, 0.1) is 4.90 Å². The van der Waals surface area contributed by atoms with Crippen molar-refractivity contribution in [2.75, 3.05) is 14.1 Å². The third kappa shape index (κ3) is 3.34. The van der Waals surface area contributed by atoms with Crippen molar-refractivity contribution in [1.82, 2.24) is 9.62 Å². The Balaban J connectivity index is 2.11. The summed E-state index contributed by atoms with van der Waals surface area (Å²) in [4.78, 5) is 0.306. The molecule has 0 saturated heterocycles. The highest BCUT2D eigenvalue weighted by atomic mass is 35.5. The molecule has 4 nitrogen and oxygen atoms in total. The van der Waals surface area contributed by atoms with E-state index in [0.717, 1.165) is 25.7 Å². The molecule has 0 aromatic heterocycles. The maximum absolute atomic E-state index is 12.6. The molecule has 20 heavy (non-hydrogen) atoms. The molecule has 0 aliphatic heterocycles. The first-order valence-electron chi connectivity index (χ1n) is 6.86. The van der Waals surface area contributed by atoms with Crippen molar-refractivity contribution >= 4 is 21.6 Å². The first kappa shape index (κ1) is 15.8. The number of nitrogens with zero attached hydrogens (tertiary/aromatic N) is 1. The van der Waals surface area contributed by atoms with Gasteiger partial charge in [-0.3, -0.25) is 0 Å². The zero-order valence-electron chi connectivity index (χ0n) is 11.8. The van der Waals surface area contributed by atoms with E-state index in [1.165, 1.54) is 4.31 Å². The van der Waals surface area contributed by atoms with Gasteiger partial charge in [0.25, 0.3) is 0 Å². The van der Waals surface area contributed by atoms with Gasteiger partial charge in [0.15, 0.2) is 0 Å². The minimum absolute atomic E-state index is 0.0836. The Hall–Kier alpha value is -0.620. The lowest BCUT2D eigenvalue weighted by Gasteiger charge is -2.33. The Morgan fingerprint density at radius 1 is 1.15 bits per heavy atom. The quantitative estimate of drug-likeness (QED) is 0.928. The standard InChI is InChI=1S/C14H21ClN2O2S/c1-16-12-5-7-13(8-6-12)17(2)20(18,19)14-9-3-11(15)4-10-14/h3-4,9-10,12-13,16H,5-8H2,1-2H3. The van der Waals surface area contributed by atoms with Gasteiger partial charge in [-0.1, -0.05) is 11.6 Å². The second-order valence-corrected chi connectivity index (χ2v) is 7.70. The largest absolute Gasteiger partial charge is 0.317 e. The average molecular weight is 317 g/mol. The highest BCUT2D eigenvalue weighted by Crippen LogP contribution is 2.27. The van der Waals surface area contributed by atoms with Gasteiger partial charge in [-0.15, -0.1) is 0 Å². The first-order valence-corrected chi connectivity index (χ1v) is 8.68. The predicted octanol–water partition coefficient (Wildman–Crippen LogP) is 2.49. The van der Waals surface area contributed by atoms with Gasteiger partial charge < -0.3 is 5.32 Å². The molecule has 1 aromatic rings. The highest BCUT2D eigenvalue weighted by Gasteiger charge is 2.30. The average Bonchev–Trinajstić information content (AvgIpc) is 2.47. The summed E-state index contributed by atoms with van der Waals surface area (Å²) in [5.74, 6) is 0. The maximum atomic E-state index is 12.6. The van der Waals surface area contributed by atoms with Gasteiger partial charge in [-0.2, -0.15) is 4.31 Å². The van der Waals surface area contributed by atoms with Crippen LogP contribution in [-0.2, 0) is 10.0 Å². The summed E-state index contributed by atoms with van der Waals surface area (Å²) in [6.45, 7) is 0. The van der Waals surface area contributed by atoms with Crippen LogP contribution in [0.5, 0.6) is 0 Å². The molecule has 1 fully saturated rings. The van der Waals surface area contributed by atoms with Gasteiger partial charge >= 0.3 is 0 Å². The Morgan fingerprint density at radius 3 is 2.20 bits per heavy atom. The number of hydrogen-bond donors (Lipinski definition) is 1. The number of rotatable bonds is 4. The van der Waals surface area contributed by atoms with Crippen LogP contribution in [0.1, 0.15) is 25.7 Å². The predicted molar refractivity (Wildman–Crippen MR) is 81.5 cm³/mol. The molecule has 0 spiro atoms. The molecule has 1 aromatic carbocycles. The molecule has 0 bridgehead atoms. The van der Waals surface area contributed by atoms with Crippen LogP contribution in [0.15, 0.2) is 29.2 Å². The fraction of sp³-hybridized carbons (Fsp3) is 0.571. The van der Waals surface area contributed by atoms with Crippen molar-refractivity contribution in [2.45, 2.75) is 42.7 Å². The molecule has 0 unspecified atom stereocenters. The number of sulfonamides is 1. The van der Waals surface area contributed by atoms with Crippen LogP contribution in [0, 0.1) is 0 Å². The maximum Gasteiger partial charge on any atom is 0.243 e. The first-order chi connectivity index (χ1) is 9.45. The summed E-state index contributed by atoms with van der Waals surface area (Å²) >= 11 is 5.81. The summed E-state index contributed by atoms with van der Waals surface area (Å²) in [5, 5.41) is 3.80. The smallest absolute Gasteiger partial charge is 0.243 e. The molecular formula is C14H21ClN2O2S. The fourth-order valence-electron chi connectivity index (χ4n) is 2.70. The Bertz CT molecular complexity index is 537. The molecule has 112 valence electrons. The number of halogens is 1. The molecule has 1 saturated carbocycles. The van der Waals surface area contributed by atoms with Crippen LogP contribution in [0.4, 0.5) is 0 Å². The Kier molecular flexibility index (Phi) is 5.07. The number of hydrogen-bond acceptors (Lipinski definition) is 3. The zero-order chi connectivity index (χ0) is 14.8. The monoisotopic (exact) mass is 316 g/mol. The van der Waals surface area contributed by atoms with Crippen molar-refractivity contribution in [3.05, 3.63) is 29.3 Å². The Morgan fingerprint density at radius 2 is 1.70 bits per heavy atom. The summed E-state index contributed by atoms with van der Waals surface area (Å²) in [7, 11) is 0.207. The highest BCUT2D eigenvalue weighted by molar-refractivity contribution is 7.89. The molecule has 1 aliphatic carbocycles. The van der Waals surface area contributed by atoms with Gasteiger partial charge in [-0.05, 0) is 57.0 Å². The van der Waals surface area contributed by atoms with Crippen LogP contribution in [0.3, 0.4) is 0 Å².